The minimum atomic E-state index is -0.925. The predicted octanol–water partition coefficient (Wildman–Crippen LogP) is 3.65. The maximum atomic E-state index is 14.0. The summed E-state index contributed by atoms with van der Waals surface area (Å²) in [5.74, 6) is -1.19. The SMILES string of the molecule is COc1ccc(-c2c(F)c(F)cc3nsnc23)cc1. The molecule has 0 aliphatic carbocycles. The number of rotatable bonds is 2. The van der Waals surface area contributed by atoms with Crippen molar-refractivity contribution in [2.45, 2.75) is 0 Å². The Hall–Kier alpha value is -2.08. The fourth-order valence-electron chi connectivity index (χ4n) is 1.89. The largest absolute Gasteiger partial charge is 0.497 e. The highest BCUT2D eigenvalue weighted by molar-refractivity contribution is 7.00. The maximum absolute atomic E-state index is 14.0. The quantitative estimate of drug-likeness (QED) is 0.717. The highest BCUT2D eigenvalue weighted by Crippen LogP contribution is 2.32. The molecule has 3 rings (SSSR count). The maximum Gasteiger partial charge on any atom is 0.169 e. The van der Waals surface area contributed by atoms with Gasteiger partial charge >= 0.3 is 0 Å². The molecule has 0 radical (unpaired) electrons. The van der Waals surface area contributed by atoms with Gasteiger partial charge in [0.25, 0.3) is 0 Å². The van der Waals surface area contributed by atoms with E-state index in [0.717, 1.165) is 17.8 Å². The molecule has 3 nitrogen and oxygen atoms in total. The van der Waals surface area contributed by atoms with Crippen molar-refractivity contribution in [2.24, 2.45) is 0 Å². The summed E-state index contributed by atoms with van der Waals surface area (Å²) >= 11 is 0.929. The zero-order valence-electron chi connectivity index (χ0n) is 9.85. The van der Waals surface area contributed by atoms with E-state index in [-0.39, 0.29) is 5.56 Å². The fraction of sp³-hybridized carbons (Fsp3) is 0.0769. The summed E-state index contributed by atoms with van der Waals surface area (Å²) in [6, 6.07) is 7.75. The number of halogens is 2. The Morgan fingerprint density at radius 1 is 1.11 bits per heavy atom. The molecule has 0 bridgehead atoms. The molecule has 0 aliphatic rings. The Kier molecular flexibility index (Phi) is 2.87. The highest BCUT2D eigenvalue weighted by atomic mass is 32.1. The zero-order valence-corrected chi connectivity index (χ0v) is 10.7. The number of fused-ring (bicyclic) bond motifs is 1. The Bertz CT molecular complexity index is 740. The zero-order chi connectivity index (χ0) is 13.4. The second-order valence-electron chi connectivity index (χ2n) is 3.91. The first-order valence-corrected chi connectivity index (χ1v) is 6.18. The van der Waals surface area contributed by atoms with Crippen molar-refractivity contribution in [3.05, 3.63) is 42.0 Å². The van der Waals surface area contributed by atoms with Crippen LogP contribution in [0.1, 0.15) is 0 Å². The van der Waals surface area contributed by atoms with E-state index < -0.39 is 11.6 Å². The summed E-state index contributed by atoms with van der Waals surface area (Å²) in [6.07, 6.45) is 0. The van der Waals surface area contributed by atoms with Crippen LogP contribution in [0, 0.1) is 11.6 Å². The van der Waals surface area contributed by atoms with Gasteiger partial charge in [-0.15, -0.1) is 0 Å². The predicted molar refractivity (Wildman–Crippen MR) is 69.3 cm³/mol. The van der Waals surface area contributed by atoms with Crippen molar-refractivity contribution in [3.63, 3.8) is 0 Å². The van der Waals surface area contributed by atoms with Crippen LogP contribution in [0.2, 0.25) is 0 Å². The van der Waals surface area contributed by atoms with Gasteiger partial charge in [0.15, 0.2) is 11.6 Å². The van der Waals surface area contributed by atoms with E-state index in [1.165, 1.54) is 0 Å². The van der Waals surface area contributed by atoms with Crippen LogP contribution in [0.5, 0.6) is 5.75 Å². The number of methoxy groups -OCH3 is 1. The minimum Gasteiger partial charge on any atom is -0.497 e. The van der Waals surface area contributed by atoms with Crippen LogP contribution in [0.15, 0.2) is 30.3 Å². The molecule has 2 aromatic carbocycles. The fourth-order valence-corrected chi connectivity index (χ4v) is 2.43. The van der Waals surface area contributed by atoms with Crippen molar-refractivity contribution in [3.8, 4) is 16.9 Å². The minimum absolute atomic E-state index is 0.131. The van der Waals surface area contributed by atoms with Gasteiger partial charge in [-0.05, 0) is 17.7 Å². The van der Waals surface area contributed by atoms with Gasteiger partial charge < -0.3 is 4.74 Å². The van der Waals surface area contributed by atoms with Crippen LogP contribution >= 0.6 is 11.7 Å². The van der Waals surface area contributed by atoms with Gasteiger partial charge in [0.05, 0.1) is 18.8 Å². The summed E-state index contributed by atoms with van der Waals surface area (Å²) in [4.78, 5) is 0. The van der Waals surface area contributed by atoms with Crippen LogP contribution in [-0.2, 0) is 0 Å². The number of hydrogen-bond donors (Lipinski definition) is 0. The molecule has 1 heterocycles. The highest BCUT2D eigenvalue weighted by Gasteiger charge is 2.18. The molecule has 0 amide bonds. The van der Waals surface area contributed by atoms with Crippen molar-refractivity contribution in [1.82, 2.24) is 8.75 Å². The van der Waals surface area contributed by atoms with Crippen LogP contribution < -0.4 is 4.74 Å². The van der Waals surface area contributed by atoms with Gasteiger partial charge in [0.1, 0.15) is 16.8 Å². The normalized spacial score (nSPS) is 10.9. The molecule has 3 aromatic rings. The van der Waals surface area contributed by atoms with Gasteiger partial charge in [-0.2, -0.15) is 8.75 Å². The molecule has 0 saturated heterocycles. The van der Waals surface area contributed by atoms with Crippen molar-refractivity contribution >= 4 is 22.8 Å². The lowest BCUT2D eigenvalue weighted by atomic mass is 10.0. The number of hydrogen-bond acceptors (Lipinski definition) is 4. The molecule has 1 aromatic heterocycles. The molecule has 6 heteroatoms. The monoisotopic (exact) mass is 278 g/mol. The van der Waals surface area contributed by atoms with E-state index in [9.17, 15) is 8.78 Å². The Morgan fingerprint density at radius 2 is 1.84 bits per heavy atom. The lowest BCUT2D eigenvalue weighted by molar-refractivity contribution is 0.415. The van der Waals surface area contributed by atoms with Crippen LogP contribution in [-0.4, -0.2) is 15.9 Å². The summed E-state index contributed by atoms with van der Waals surface area (Å²) < 4.78 is 40.6. The molecule has 0 atom stereocenters. The Labute approximate surface area is 111 Å². The molecule has 0 spiro atoms. The van der Waals surface area contributed by atoms with Crippen molar-refractivity contribution in [2.75, 3.05) is 7.11 Å². The summed E-state index contributed by atoms with van der Waals surface area (Å²) in [6.45, 7) is 0. The molecule has 96 valence electrons. The summed E-state index contributed by atoms with van der Waals surface area (Å²) in [5, 5.41) is 0. The van der Waals surface area contributed by atoms with Gasteiger partial charge in [0, 0.05) is 11.6 Å². The third-order valence-electron chi connectivity index (χ3n) is 2.82. The van der Waals surface area contributed by atoms with E-state index >= 15 is 0 Å². The molecule has 19 heavy (non-hydrogen) atoms. The molecule has 0 N–H and O–H groups in total. The van der Waals surface area contributed by atoms with Gasteiger partial charge in [-0.25, -0.2) is 8.78 Å². The lowest BCUT2D eigenvalue weighted by Crippen LogP contribution is -1.92. The number of nitrogens with zero attached hydrogens (tertiary/aromatic N) is 2. The third kappa shape index (κ3) is 1.94. The van der Waals surface area contributed by atoms with E-state index in [1.54, 1.807) is 31.4 Å². The van der Waals surface area contributed by atoms with Crippen LogP contribution in [0.3, 0.4) is 0 Å². The number of aromatic nitrogens is 2. The smallest absolute Gasteiger partial charge is 0.169 e. The third-order valence-corrected chi connectivity index (χ3v) is 3.36. The molecular formula is C13H8F2N2OS. The summed E-state index contributed by atoms with van der Waals surface area (Å²) in [5.41, 5.74) is 1.39. The molecule has 0 aliphatic heterocycles. The van der Waals surface area contributed by atoms with Gasteiger partial charge in [-0.3, -0.25) is 0 Å². The standard InChI is InChI=1S/C13H8F2N2OS/c1-18-8-4-2-7(3-5-8)11-12(15)9(14)6-10-13(11)17-19-16-10/h2-6H,1H3. The first-order chi connectivity index (χ1) is 9.20. The Morgan fingerprint density at radius 3 is 2.53 bits per heavy atom. The van der Waals surface area contributed by atoms with Crippen molar-refractivity contribution < 1.29 is 13.5 Å². The van der Waals surface area contributed by atoms with E-state index in [4.69, 9.17) is 4.74 Å². The number of ether oxygens (including phenoxy) is 1. The number of benzene rings is 2. The first kappa shape index (κ1) is 12.0. The van der Waals surface area contributed by atoms with E-state index in [0.29, 0.717) is 22.3 Å². The average molecular weight is 278 g/mol. The van der Waals surface area contributed by atoms with Gasteiger partial charge in [-0.1, -0.05) is 12.1 Å². The molecule has 0 saturated carbocycles. The molecule has 0 unspecified atom stereocenters. The van der Waals surface area contributed by atoms with Crippen LogP contribution in [0.25, 0.3) is 22.2 Å². The molecular weight excluding hydrogens is 270 g/mol. The Balaban J connectivity index is 2.27. The molecule has 0 fully saturated rings. The lowest BCUT2D eigenvalue weighted by Gasteiger charge is -2.06. The topological polar surface area (TPSA) is 35.0 Å². The summed E-state index contributed by atoms with van der Waals surface area (Å²) in [7, 11) is 1.54. The van der Waals surface area contributed by atoms with Crippen LogP contribution in [0.4, 0.5) is 8.78 Å². The van der Waals surface area contributed by atoms with E-state index in [2.05, 4.69) is 8.75 Å². The van der Waals surface area contributed by atoms with E-state index in [1.807, 2.05) is 0 Å². The van der Waals surface area contributed by atoms with Crippen molar-refractivity contribution in [1.29, 1.82) is 0 Å². The van der Waals surface area contributed by atoms with Gasteiger partial charge in [0.2, 0.25) is 0 Å². The second kappa shape index (κ2) is 4.55. The first-order valence-electron chi connectivity index (χ1n) is 5.45. The second-order valence-corrected chi connectivity index (χ2v) is 4.44. The average Bonchev–Trinajstić information content (AvgIpc) is 2.88.